The Morgan fingerprint density at radius 1 is 1.00 bits per heavy atom. The molecule has 0 radical (unpaired) electrons. The number of esters is 2. The Morgan fingerprint density at radius 2 is 1.69 bits per heavy atom. The van der Waals surface area contributed by atoms with E-state index in [1.807, 2.05) is 30.3 Å². The van der Waals surface area contributed by atoms with E-state index in [1.165, 1.54) is 6.07 Å². The fraction of sp³-hybridized carbons (Fsp3) is 0.300. The topological polar surface area (TPSA) is 77.8 Å². The lowest BCUT2D eigenvalue weighted by Crippen LogP contribution is -2.14. The third-order valence-corrected chi connectivity index (χ3v) is 3.57. The lowest BCUT2D eigenvalue weighted by atomic mass is 10.1. The Morgan fingerprint density at radius 3 is 2.35 bits per heavy atom. The van der Waals surface area contributed by atoms with Crippen molar-refractivity contribution in [2.45, 2.75) is 27.2 Å². The van der Waals surface area contributed by atoms with Crippen molar-refractivity contribution in [3.63, 3.8) is 0 Å². The number of allylic oxidation sites excluding steroid dienone is 1. The molecule has 0 aliphatic carbocycles. The first-order valence-corrected chi connectivity index (χ1v) is 8.49. The average molecular weight is 357 g/mol. The summed E-state index contributed by atoms with van der Waals surface area (Å²) < 4.78 is 15.6. The molecule has 1 aromatic carbocycles. The van der Waals surface area contributed by atoms with Gasteiger partial charge in [-0.15, -0.1) is 0 Å². The largest absolute Gasteiger partial charge is 0.463 e. The zero-order valence-electron chi connectivity index (χ0n) is 15.2. The zero-order valence-corrected chi connectivity index (χ0v) is 15.2. The van der Waals surface area contributed by atoms with Crippen LogP contribution in [0.2, 0.25) is 0 Å². The number of carbonyl (C=O) groups excluding carboxylic acids is 2. The molecule has 0 unspecified atom stereocenters. The summed E-state index contributed by atoms with van der Waals surface area (Å²) in [6.07, 6.45) is 0.198. The lowest BCUT2D eigenvalue weighted by Gasteiger charge is -2.13. The second-order valence-electron chi connectivity index (χ2n) is 5.48. The third kappa shape index (κ3) is 5.24. The number of carbonyl (C=O) groups is 2. The van der Waals surface area contributed by atoms with Gasteiger partial charge in [0.2, 0.25) is 5.76 Å². The van der Waals surface area contributed by atoms with E-state index in [9.17, 15) is 9.59 Å². The van der Waals surface area contributed by atoms with Gasteiger partial charge in [-0.2, -0.15) is 0 Å². The molecular formula is C20H23NO5. The first kappa shape index (κ1) is 19.3. The van der Waals surface area contributed by atoms with Gasteiger partial charge in [0.05, 0.1) is 18.8 Å². The highest BCUT2D eigenvalue weighted by Gasteiger charge is 2.19. The summed E-state index contributed by atoms with van der Waals surface area (Å²) in [7, 11) is 0. The molecule has 0 fully saturated rings. The second kappa shape index (κ2) is 9.46. The van der Waals surface area contributed by atoms with E-state index >= 15 is 0 Å². The second-order valence-corrected chi connectivity index (χ2v) is 5.48. The van der Waals surface area contributed by atoms with E-state index in [1.54, 1.807) is 26.8 Å². The molecule has 1 aromatic heterocycles. The molecular weight excluding hydrogens is 334 g/mol. The van der Waals surface area contributed by atoms with Gasteiger partial charge < -0.3 is 19.2 Å². The van der Waals surface area contributed by atoms with Gasteiger partial charge in [0.1, 0.15) is 5.76 Å². The van der Waals surface area contributed by atoms with Crippen molar-refractivity contribution in [2.75, 3.05) is 18.5 Å². The summed E-state index contributed by atoms with van der Waals surface area (Å²) in [6.45, 7) is 5.81. The van der Waals surface area contributed by atoms with E-state index in [-0.39, 0.29) is 25.4 Å². The molecule has 0 saturated heterocycles. The molecule has 0 aliphatic heterocycles. The van der Waals surface area contributed by atoms with Crippen molar-refractivity contribution in [3.8, 4) is 0 Å². The Labute approximate surface area is 152 Å². The van der Waals surface area contributed by atoms with Crippen molar-refractivity contribution in [2.24, 2.45) is 0 Å². The summed E-state index contributed by atoms with van der Waals surface area (Å²) in [5, 5.41) is 3.20. The van der Waals surface area contributed by atoms with E-state index in [4.69, 9.17) is 13.9 Å². The van der Waals surface area contributed by atoms with Crippen LogP contribution in [-0.2, 0) is 20.7 Å². The van der Waals surface area contributed by atoms with Crippen LogP contribution < -0.4 is 5.32 Å². The maximum Gasteiger partial charge on any atom is 0.374 e. The number of nitrogens with one attached hydrogen (secondary N) is 1. The minimum Gasteiger partial charge on any atom is -0.463 e. The highest BCUT2D eigenvalue weighted by atomic mass is 16.5. The molecule has 1 heterocycles. The minimum absolute atomic E-state index is 0.110. The summed E-state index contributed by atoms with van der Waals surface area (Å²) in [5.41, 5.74) is 1.95. The van der Waals surface area contributed by atoms with Crippen molar-refractivity contribution in [3.05, 3.63) is 65.3 Å². The number of furan rings is 1. The summed E-state index contributed by atoms with van der Waals surface area (Å²) in [5.74, 6) is -0.369. The molecule has 0 saturated carbocycles. The van der Waals surface area contributed by atoms with Crippen LogP contribution in [0.15, 0.2) is 58.2 Å². The number of anilines is 1. The van der Waals surface area contributed by atoms with Crippen molar-refractivity contribution < 1.29 is 23.5 Å². The predicted molar refractivity (Wildman–Crippen MR) is 97.8 cm³/mol. The normalized spacial score (nSPS) is 11.5. The third-order valence-electron chi connectivity index (χ3n) is 3.57. The van der Waals surface area contributed by atoms with Gasteiger partial charge in [0.15, 0.2) is 0 Å². The maximum atomic E-state index is 12.4. The highest BCUT2D eigenvalue weighted by molar-refractivity contribution is 5.90. The maximum absolute atomic E-state index is 12.4. The number of hydrogen-bond donors (Lipinski definition) is 1. The number of rotatable bonds is 8. The van der Waals surface area contributed by atoms with E-state index in [0.717, 1.165) is 5.69 Å². The Balaban J connectivity index is 2.23. The molecule has 2 aromatic rings. The van der Waals surface area contributed by atoms with Crippen LogP contribution in [0.3, 0.4) is 0 Å². The van der Waals surface area contributed by atoms with Gasteiger partial charge in [-0.05, 0) is 45.0 Å². The smallest absolute Gasteiger partial charge is 0.374 e. The molecule has 1 N–H and O–H groups in total. The first-order valence-electron chi connectivity index (χ1n) is 8.49. The Bertz CT molecular complexity index is 777. The molecule has 0 amide bonds. The molecule has 138 valence electrons. The Hall–Kier alpha value is -3.02. The van der Waals surface area contributed by atoms with Crippen LogP contribution >= 0.6 is 0 Å². The Kier molecular flexibility index (Phi) is 7.02. The zero-order chi connectivity index (χ0) is 18.9. The van der Waals surface area contributed by atoms with Crippen molar-refractivity contribution in [1.29, 1.82) is 0 Å². The van der Waals surface area contributed by atoms with Crippen molar-refractivity contribution in [1.82, 2.24) is 0 Å². The standard InChI is InChI=1S/C20H23NO5/c1-4-24-19(22)17(14(3)21-15-9-7-6-8-10-15)13-16-11-12-18(26-16)20(23)25-5-2/h6-12,21H,4-5,13H2,1-3H3/b17-14+. The van der Waals surface area contributed by atoms with Gasteiger partial charge in [-0.1, -0.05) is 18.2 Å². The van der Waals surface area contributed by atoms with Gasteiger partial charge in [0.25, 0.3) is 0 Å². The van der Waals surface area contributed by atoms with Crippen LogP contribution in [-0.4, -0.2) is 25.2 Å². The summed E-state index contributed by atoms with van der Waals surface area (Å²) >= 11 is 0. The van der Waals surface area contributed by atoms with E-state index in [2.05, 4.69) is 5.32 Å². The van der Waals surface area contributed by atoms with Crippen LogP contribution in [0, 0.1) is 0 Å². The SMILES string of the molecule is CCOC(=O)/C(Cc1ccc(C(=O)OCC)o1)=C(\C)Nc1ccccc1. The molecule has 26 heavy (non-hydrogen) atoms. The van der Waals surface area contributed by atoms with Gasteiger partial charge in [0, 0.05) is 17.8 Å². The first-order chi connectivity index (χ1) is 12.5. The van der Waals surface area contributed by atoms with Gasteiger partial charge in [-0.25, -0.2) is 9.59 Å². The summed E-state index contributed by atoms with van der Waals surface area (Å²) in [6, 6.07) is 12.7. The fourth-order valence-corrected chi connectivity index (χ4v) is 2.35. The number of ether oxygens (including phenoxy) is 2. The van der Waals surface area contributed by atoms with Crippen LogP contribution in [0.1, 0.15) is 37.1 Å². The van der Waals surface area contributed by atoms with E-state index in [0.29, 0.717) is 17.0 Å². The number of para-hydroxylation sites is 1. The molecule has 0 atom stereocenters. The molecule has 0 spiro atoms. The van der Waals surface area contributed by atoms with Crippen molar-refractivity contribution >= 4 is 17.6 Å². The highest BCUT2D eigenvalue weighted by Crippen LogP contribution is 2.19. The van der Waals surface area contributed by atoms with Gasteiger partial charge >= 0.3 is 11.9 Å². The quantitative estimate of drug-likeness (QED) is 0.569. The van der Waals surface area contributed by atoms with Crippen LogP contribution in [0.4, 0.5) is 5.69 Å². The molecule has 0 aliphatic rings. The summed E-state index contributed by atoms with van der Waals surface area (Å²) in [4.78, 5) is 24.1. The van der Waals surface area contributed by atoms with Crippen LogP contribution in [0.5, 0.6) is 0 Å². The minimum atomic E-state index is -0.528. The van der Waals surface area contributed by atoms with Gasteiger partial charge in [-0.3, -0.25) is 0 Å². The monoisotopic (exact) mass is 357 g/mol. The number of benzene rings is 1. The molecule has 6 nitrogen and oxygen atoms in total. The van der Waals surface area contributed by atoms with Crippen LogP contribution in [0.25, 0.3) is 0 Å². The predicted octanol–water partition coefficient (Wildman–Crippen LogP) is 3.95. The average Bonchev–Trinajstić information content (AvgIpc) is 3.09. The molecule has 2 rings (SSSR count). The molecule has 6 heteroatoms. The fourth-order valence-electron chi connectivity index (χ4n) is 2.35. The van der Waals surface area contributed by atoms with E-state index < -0.39 is 11.9 Å². The number of hydrogen-bond acceptors (Lipinski definition) is 6. The lowest BCUT2D eigenvalue weighted by molar-refractivity contribution is -0.138. The molecule has 0 bridgehead atoms.